The average Bonchev–Trinajstić information content (AvgIpc) is 2.72. The number of aromatic nitrogens is 3. The number of nitrogens with zero attached hydrogens (tertiary/aromatic N) is 3. The minimum atomic E-state index is -0.632. The van der Waals surface area contributed by atoms with E-state index in [4.69, 9.17) is 5.73 Å². The zero-order valence-corrected chi connectivity index (χ0v) is 15.5. The van der Waals surface area contributed by atoms with E-state index in [0.29, 0.717) is 10.9 Å². The first-order valence-corrected chi connectivity index (χ1v) is 9.07. The van der Waals surface area contributed by atoms with Crippen LogP contribution in [-0.4, -0.2) is 33.4 Å². The van der Waals surface area contributed by atoms with E-state index in [2.05, 4.69) is 15.6 Å². The summed E-state index contributed by atoms with van der Waals surface area (Å²) in [5, 5.41) is 10.9. The van der Waals surface area contributed by atoms with Crippen molar-refractivity contribution < 1.29 is 14.0 Å². The minimum absolute atomic E-state index is 0.00500. The summed E-state index contributed by atoms with van der Waals surface area (Å²) in [5.74, 6) is -1.92. The summed E-state index contributed by atoms with van der Waals surface area (Å²) in [7, 11) is 0. The summed E-state index contributed by atoms with van der Waals surface area (Å²) in [6, 6.07) is 12.6. The molecule has 1 aromatic heterocycles. The lowest BCUT2D eigenvalue weighted by Crippen LogP contribution is -2.38. The van der Waals surface area contributed by atoms with Gasteiger partial charge >= 0.3 is 0 Å². The molecule has 0 radical (unpaired) electrons. The molecule has 3 N–H and O–H groups in total. The third kappa shape index (κ3) is 5.22. The number of halogens is 1. The van der Waals surface area contributed by atoms with Gasteiger partial charge in [0.25, 0.3) is 5.56 Å². The highest BCUT2D eigenvalue weighted by Crippen LogP contribution is 2.10. The summed E-state index contributed by atoms with van der Waals surface area (Å²) in [5.41, 5.74) is 6.31. The van der Waals surface area contributed by atoms with Gasteiger partial charge in [-0.15, -0.1) is 5.10 Å². The number of aryl methyl sites for hydroxylation is 1. The minimum Gasteiger partial charge on any atom is -0.369 e. The monoisotopic (exact) mass is 397 g/mol. The van der Waals surface area contributed by atoms with Crippen LogP contribution in [0.25, 0.3) is 10.9 Å². The fourth-order valence-electron chi connectivity index (χ4n) is 2.88. The number of nitrogens with two attached hydrogens (primary N) is 1. The molecular weight excluding hydrogens is 377 g/mol. The highest BCUT2D eigenvalue weighted by molar-refractivity contribution is 5.80. The first-order chi connectivity index (χ1) is 13.9. The molecule has 1 heterocycles. The van der Waals surface area contributed by atoms with Gasteiger partial charge in [0.05, 0.1) is 17.8 Å². The first-order valence-electron chi connectivity index (χ1n) is 9.07. The number of carbonyl (C=O) groups is 2. The van der Waals surface area contributed by atoms with Gasteiger partial charge in [-0.1, -0.05) is 29.5 Å². The highest BCUT2D eigenvalue weighted by Gasteiger charge is 2.17. The third-order valence-electron chi connectivity index (χ3n) is 4.52. The van der Waals surface area contributed by atoms with E-state index in [1.165, 1.54) is 12.1 Å². The van der Waals surface area contributed by atoms with E-state index in [-0.39, 0.29) is 43.2 Å². The molecule has 150 valence electrons. The number of carbonyl (C=O) groups excluding carboxylic acids is 2. The molecule has 0 aliphatic heterocycles. The second-order valence-electron chi connectivity index (χ2n) is 6.62. The van der Waals surface area contributed by atoms with Gasteiger partial charge < -0.3 is 11.1 Å². The fourth-order valence-corrected chi connectivity index (χ4v) is 2.88. The van der Waals surface area contributed by atoms with E-state index in [9.17, 15) is 18.8 Å². The maximum Gasteiger partial charge on any atom is 0.277 e. The van der Waals surface area contributed by atoms with E-state index < -0.39 is 11.8 Å². The number of primary amides is 1. The van der Waals surface area contributed by atoms with Crippen molar-refractivity contribution in [3.63, 3.8) is 0 Å². The van der Waals surface area contributed by atoms with Gasteiger partial charge in [0.2, 0.25) is 11.8 Å². The van der Waals surface area contributed by atoms with E-state index in [0.717, 1.165) is 10.2 Å². The summed E-state index contributed by atoms with van der Waals surface area (Å²) >= 11 is 0. The number of hydrogen-bond acceptors (Lipinski definition) is 5. The van der Waals surface area contributed by atoms with Crippen molar-refractivity contribution in [2.45, 2.75) is 19.4 Å². The van der Waals surface area contributed by atoms with Crippen molar-refractivity contribution in [1.82, 2.24) is 20.3 Å². The molecule has 3 rings (SSSR count). The molecule has 2 amide bonds. The SMILES string of the molecule is NC(=O)C(CNC(=O)CCn1nnc2ccccc2c1=O)Cc1ccc(F)cc1. The lowest BCUT2D eigenvalue weighted by Gasteiger charge is -2.14. The Balaban J connectivity index is 1.55. The van der Waals surface area contributed by atoms with Crippen molar-refractivity contribution >= 4 is 22.7 Å². The molecule has 8 nitrogen and oxygen atoms in total. The fraction of sp³-hybridized carbons (Fsp3) is 0.250. The van der Waals surface area contributed by atoms with Crippen LogP contribution >= 0.6 is 0 Å². The van der Waals surface area contributed by atoms with Crippen LogP contribution in [0.15, 0.2) is 53.3 Å². The molecule has 1 atom stereocenters. The van der Waals surface area contributed by atoms with Crippen LogP contribution in [0.4, 0.5) is 4.39 Å². The average molecular weight is 397 g/mol. The van der Waals surface area contributed by atoms with Crippen molar-refractivity contribution in [2.75, 3.05) is 6.54 Å². The second kappa shape index (κ2) is 9.05. The van der Waals surface area contributed by atoms with Crippen molar-refractivity contribution in [1.29, 1.82) is 0 Å². The molecule has 2 aromatic carbocycles. The maximum absolute atomic E-state index is 13.0. The van der Waals surface area contributed by atoms with Gasteiger partial charge in [-0.3, -0.25) is 14.4 Å². The van der Waals surface area contributed by atoms with Gasteiger partial charge in [0.15, 0.2) is 0 Å². The highest BCUT2D eigenvalue weighted by atomic mass is 19.1. The number of nitrogens with one attached hydrogen (secondary N) is 1. The molecule has 0 aliphatic carbocycles. The van der Waals surface area contributed by atoms with Crippen LogP contribution in [0.2, 0.25) is 0 Å². The third-order valence-corrected chi connectivity index (χ3v) is 4.52. The number of hydrogen-bond donors (Lipinski definition) is 2. The van der Waals surface area contributed by atoms with E-state index in [1.54, 1.807) is 36.4 Å². The zero-order valence-electron chi connectivity index (χ0n) is 15.5. The summed E-state index contributed by atoms with van der Waals surface area (Å²) < 4.78 is 14.1. The topological polar surface area (TPSA) is 120 Å². The van der Waals surface area contributed by atoms with Crippen LogP contribution in [-0.2, 0) is 22.6 Å². The number of fused-ring (bicyclic) bond motifs is 1. The molecule has 29 heavy (non-hydrogen) atoms. The Morgan fingerprint density at radius 2 is 1.86 bits per heavy atom. The van der Waals surface area contributed by atoms with Gasteiger partial charge in [0.1, 0.15) is 11.3 Å². The van der Waals surface area contributed by atoms with Gasteiger partial charge in [-0.05, 0) is 36.2 Å². The van der Waals surface area contributed by atoms with Gasteiger partial charge in [0, 0.05) is 13.0 Å². The Labute approximate surface area is 165 Å². The predicted molar refractivity (Wildman–Crippen MR) is 104 cm³/mol. The van der Waals surface area contributed by atoms with Crippen molar-refractivity contribution in [3.8, 4) is 0 Å². The Bertz CT molecular complexity index is 1080. The molecule has 9 heteroatoms. The lowest BCUT2D eigenvalue weighted by molar-refractivity contribution is -0.123. The normalized spacial score (nSPS) is 11.9. The zero-order chi connectivity index (χ0) is 20.8. The molecule has 1 unspecified atom stereocenters. The largest absolute Gasteiger partial charge is 0.369 e. The van der Waals surface area contributed by atoms with Crippen LogP contribution in [0, 0.1) is 11.7 Å². The van der Waals surface area contributed by atoms with Crippen LogP contribution in [0.1, 0.15) is 12.0 Å². The number of rotatable bonds is 8. The van der Waals surface area contributed by atoms with Crippen LogP contribution in [0.3, 0.4) is 0 Å². The standard InChI is InChI=1S/C20H20FN5O3/c21-15-7-5-13(6-8-15)11-14(19(22)28)12-23-18(27)9-10-26-20(29)16-3-1-2-4-17(16)24-25-26/h1-8,14H,9-12H2,(H2,22,28)(H,23,27). The number of amides is 2. The second-order valence-corrected chi connectivity index (χ2v) is 6.62. The van der Waals surface area contributed by atoms with Crippen LogP contribution in [0.5, 0.6) is 0 Å². The Morgan fingerprint density at radius 3 is 2.59 bits per heavy atom. The molecule has 0 saturated carbocycles. The predicted octanol–water partition coefficient (Wildman–Crippen LogP) is 0.781. The van der Waals surface area contributed by atoms with Gasteiger partial charge in [-0.25, -0.2) is 9.07 Å². The Hall–Kier alpha value is -3.62. The van der Waals surface area contributed by atoms with Crippen molar-refractivity contribution in [3.05, 3.63) is 70.3 Å². The van der Waals surface area contributed by atoms with Gasteiger partial charge in [-0.2, -0.15) is 0 Å². The molecule has 0 aliphatic rings. The maximum atomic E-state index is 13.0. The summed E-state index contributed by atoms with van der Waals surface area (Å²) in [4.78, 5) is 36.2. The summed E-state index contributed by atoms with van der Waals surface area (Å²) in [6.45, 7) is 0.103. The smallest absolute Gasteiger partial charge is 0.277 e. The molecule has 0 saturated heterocycles. The molecule has 0 bridgehead atoms. The lowest BCUT2D eigenvalue weighted by atomic mass is 9.98. The molecule has 0 spiro atoms. The van der Waals surface area contributed by atoms with E-state index in [1.807, 2.05) is 0 Å². The van der Waals surface area contributed by atoms with Crippen molar-refractivity contribution in [2.24, 2.45) is 11.7 Å². The number of benzene rings is 2. The molecule has 0 fully saturated rings. The van der Waals surface area contributed by atoms with E-state index >= 15 is 0 Å². The first kappa shape index (κ1) is 20.1. The summed E-state index contributed by atoms with van der Waals surface area (Å²) in [6.07, 6.45) is 0.278. The Kier molecular flexibility index (Phi) is 6.28. The molecular formula is C20H20FN5O3. The molecule has 3 aromatic rings. The Morgan fingerprint density at radius 1 is 1.14 bits per heavy atom. The quantitative estimate of drug-likeness (QED) is 0.582. The van der Waals surface area contributed by atoms with Crippen LogP contribution < -0.4 is 16.6 Å².